The van der Waals surface area contributed by atoms with E-state index in [2.05, 4.69) is 11.8 Å². The highest BCUT2D eigenvalue weighted by atomic mass is 16.4. The lowest BCUT2D eigenvalue weighted by Crippen LogP contribution is -2.29. The first-order valence-corrected chi connectivity index (χ1v) is 8.84. The standard InChI is InChI=1S/C17H34N2O3/c1-3-19(13-14-20)11-4-5-15-6-8-16(9-7-15)10-12-18(2)17(21)22/h15-16,20H,3-14H2,1-2H3,(H,21,22). The maximum absolute atomic E-state index is 10.8. The third kappa shape index (κ3) is 7.45. The molecule has 1 fully saturated rings. The summed E-state index contributed by atoms with van der Waals surface area (Å²) in [6.45, 7) is 5.97. The van der Waals surface area contributed by atoms with E-state index in [1.165, 1.54) is 43.4 Å². The van der Waals surface area contributed by atoms with Crippen molar-refractivity contribution in [1.82, 2.24) is 9.80 Å². The van der Waals surface area contributed by atoms with Crippen molar-refractivity contribution in [2.45, 2.75) is 51.9 Å². The van der Waals surface area contributed by atoms with Crippen molar-refractivity contribution in [3.8, 4) is 0 Å². The molecule has 0 atom stereocenters. The predicted molar refractivity (Wildman–Crippen MR) is 89.2 cm³/mol. The molecule has 1 rings (SSSR count). The number of rotatable bonds is 10. The molecule has 1 aliphatic carbocycles. The highest BCUT2D eigenvalue weighted by Gasteiger charge is 2.21. The minimum Gasteiger partial charge on any atom is -0.465 e. The maximum Gasteiger partial charge on any atom is 0.407 e. The summed E-state index contributed by atoms with van der Waals surface area (Å²) in [4.78, 5) is 14.5. The van der Waals surface area contributed by atoms with Crippen LogP contribution in [0.1, 0.15) is 51.9 Å². The van der Waals surface area contributed by atoms with Gasteiger partial charge in [-0.3, -0.25) is 0 Å². The largest absolute Gasteiger partial charge is 0.465 e. The van der Waals surface area contributed by atoms with Gasteiger partial charge < -0.3 is 20.0 Å². The van der Waals surface area contributed by atoms with Crippen molar-refractivity contribution in [1.29, 1.82) is 0 Å². The molecule has 0 saturated heterocycles. The fourth-order valence-corrected chi connectivity index (χ4v) is 3.45. The molecular weight excluding hydrogens is 280 g/mol. The Morgan fingerprint density at radius 3 is 2.14 bits per heavy atom. The van der Waals surface area contributed by atoms with Gasteiger partial charge in [-0.25, -0.2) is 4.79 Å². The molecule has 2 N–H and O–H groups in total. The lowest BCUT2D eigenvalue weighted by molar-refractivity contribution is 0.149. The SMILES string of the molecule is CCN(CCO)CCCC1CCC(CCN(C)C(=O)O)CC1. The highest BCUT2D eigenvalue weighted by molar-refractivity contribution is 5.64. The zero-order valence-corrected chi connectivity index (χ0v) is 14.3. The van der Waals surface area contributed by atoms with Gasteiger partial charge in [0.05, 0.1) is 6.61 Å². The number of likely N-dealkylation sites (N-methyl/N-ethyl adjacent to an activating group) is 1. The van der Waals surface area contributed by atoms with E-state index in [0.717, 1.165) is 32.0 Å². The summed E-state index contributed by atoms with van der Waals surface area (Å²) >= 11 is 0. The molecule has 130 valence electrons. The first-order chi connectivity index (χ1) is 10.6. The molecule has 0 aromatic carbocycles. The molecule has 1 saturated carbocycles. The Morgan fingerprint density at radius 1 is 1.05 bits per heavy atom. The summed E-state index contributed by atoms with van der Waals surface area (Å²) in [6.07, 6.45) is 7.82. The number of hydrogen-bond donors (Lipinski definition) is 2. The van der Waals surface area contributed by atoms with Crippen LogP contribution >= 0.6 is 0 Å². The van der Waals surface area contributed by atoms with Gasteiger partial charge in [0, 0.05) is 20.1 Å². The van der Waals surface area contributed by atoms with E-state index in [4.69, 9.17) is 10.2 Å². The van der Waals surface area contributed by atoms with Gasteiger partial charge in [-0.15, -0.1) is 0 Å². The summed E-state index contributed by atoms with van der Waals surface area (Å²) in [6, 6.07) is 0. The molecule has 5 heteroatoms. The molecule has 5 nitrogen and oxygen atoms in total. The summed E-state index contributed by atoms with van der Waals surface area (Å²) in [5, 5.41) is 17.8. The van der Waals surface area contributed by atoms with E-state index in [0.29, 0.717) is 12.5 Å². The van der Waals surface area contributed by atoms with Crippen molar-refractivity contribution in [3.05, 3.63) is 0 Å². The van der Waals surface area contributed by atoms with Crippen LogP contribution in [-0.4, -0.2) is 65.9 Å². The van der Waals surface area contributed by atoms with Gasteiger partial charge in [-0.2, -0.15) is 0 Å². The van der Waals surface area contributed by atoms with Crippen molar-refractivity contribution in [3.63, 3.8) is 0 Å². The second-order valence-electron chi connectivity index (χ2n) is 6.68. The minimum absolute atomic E-state index is 0.254. The van der Waals surface area contributed by atoms with Crippen LogP contribution in [0.3, 0.4) is 0 Å². The topological polar surface area (TPSA) is 64.0 Å². The average molecular weight is 314 g/mol. The number of amides is 1. The average Bonchev–Trinajstić information content (AvgIpc) is 2.52. The Kier molecular flexibility index (Phi) is 9.48. The van der Waals surface area contributed by atoms with Crippen molar-refractivity contribution >= 4 is 6.09 Å². The number of aliphatic hydroxyl groups is 1. The molecular formula is C17H34N2O3. The molecule has 1 amide bonds. The summed E-state index contributed by atoms with van der Waals surface area (Å²) in [5.41, 5.74) is 0. The Bertz CT molecular complexity index is 304. The lowest BCUT2D eigenvalue weighted by atomic mass is 9.78. The van der Waals surface area contributed by atoms with Gasteiger partial charge in [-0.05, 0) is 44.2 Å². The Morgan fingerprint density at radius 2 is 1.64 bits per heavy atom. The van der Waals surface area contributed by atoms with Crippen LogP contribution in [0.4, 0.5) is 4.79 Å². The fraction of sp³-hybridized carbons (Fsp3) is 0.941. The van der Waals surface area contributed by atoms with Crippen LogP contribution in [0.5, 0.6) is 0 Å². The zero-order chi connectivity index (χ0) is 16.4. The molecule has 0 spiro atoms. The van der Waals surface area contributed by atoms with Crippen LogP contribution in [0.25, 0.3) is 0 Å². The molecule has 22 heavy (non-hydrogen) atoms. The van der Waals surface area contributed by atoms with E-state index in [1.807, 2.05) is 0 Å². The lowest BCUT2D eigenvalue weighted by Gasteiger charge is -2.30. The number of hydrogen-bond acceptors (Lipinski definition) is 3. The summed E-state index contributed by atoms with van der Waals surface area (Å²) in [5.74, 6) is 1.56. The smallest absolute Gasteiger partial charge is 0.407 e. The second-order valence-corrected chi connectivity index (χ2v) is 6.68. The third-order valence-corrected chi connectivity index (χ3v) is 5.12. The molecule has 1 aliphatic rings. The van der Waals surface area contributed by atoms with Gasteiger partial charge in [0.25, 0.3) is 0 Å². The van der Waals surface area contributed by atoms with E-state index < -0.39 is 6.09 Å². The third-order valence-electron chi connectivity index (χ3n) is 5.12. The molecule has 0 bridgehead atoms. The number of carboxylic acid groups (broad SMARTS) is 1. The first-order valence-electron chi connectivity index (χ1n) is 8.84. The van der Waals surface area contributed by atoms with E-state index in [1.54, 1.807) is 7.05 Å². The molecule has 0 radical (unpaired) electrons. The van der Waals surface area contributed by atoms with Crippen molar-refractivity contribution < 1.29 is 15.0 Å². The zero-order valence-electron chi connectivity index (χ0n) is 14.3. The molecule has 0 aromatic rings. The molecule has 0 aliphatic heterocycles. The number of nitrogens with zero attached hydrogens (tertiary/aromatic N) is 2. The van der Waals surface area contributed by atoms with Crippen LogP contribution in [0.15, 0.2) is 0 Å². The fourth-order valence-electron chi connectivity index (χ4n) is 3.45. The van der Waals surface area contributed by atoms with E-state index >= 15 is 0 Å². The highest BCUT2D eigenvalue weighted by Crippen LogP contribution is 2.33. The van der Waals surface area contributed by atoms with Gasteiger partial charge in [0.15, 0.2) is 0 Å². The quantitative estimate of drug-likeness (QED) is 0.651. The van der Waals surface area contributed by atoms with Crippen LogP contribution in [0, 0.1) is 11.8 Å². The van der Waals surface area contributed by atoms with Crippen molar-refractivity contribution in [2.24, 2.45) is 11.8 Å². The first kappa shape index (κ1) is 19.2. The van der Waals surface area contributed by atoms with E-state index in [9.17, 15) is 4.79 Å². The van der Waals surface area contributed by atoms with Gasteiger partial charge >= 0.3 is 6.09 Å². The monoisotopic (exact) mass is 314 g/mol. The van der Waals surface area contributed by atoms with Crippen LogP contribution < -0.4 is 0 Å². The van der Waals surface area contributed by atoms with Gasteiger partial charge in [-0.1, -0.05) is 32.6 Å². The number of aliphatic hydroxyl groups excluding tert-OH is 1. The van der Waals surface area contributed by atoms with E-state index in [-0.39, 0.29) is 6.61 Å². The minimum atomic E-state index is -0.822. The van der Waals surface area contributed by atoms with Crippen molar-refractivity contribution in [2.75, 3.05) is 39.8 Å². The molecule has 0 heterocycles. The molecule has 0 unspecified atom stereocenters. The Balaban J connectivity index is 2.11. The Hall–Kier alpha value is -0.810. The van der Waals surface area contributed by atoms with Crippen LogP contribution in [0.2, 0.25) is 0 Å². The summed E-state index contributed by atoms with van der Waals surface area (Å²) < 4.78 is 0. The number of carbonyl (C=O) groups is 1. The van der Waals surface area contributed by atoms with Gasteiger partial charge in [0.1, 0.15) is 0 Å². The molecule has 0 aromatic heterocycles. The predicted octanol–water partition coefficient (Wildman–Crippen LogP) is 2.89. The normalized spacial score (nSPS) is 22.0. The second kappa shape index (κ2) is 10.8. The summed E-state index contributed by atoms with van der Waals surface area (Å²) in [7, 11) is 1.65. The van der Waals surface area contributed by atoms with Crippen LogP contribution in [-0.2, 0) is 0 Å². The Labute approximate surface area is 135 Å². The van der Waals surface area contributed by atoms with Gasteiger partial charge in [0.2, 0.25) is 0 Å². The maximum atomic E-state index is 10.8.